The number of nitrogens with one attached hydrogen (secondary N) is 1. The van der Waals surface area contributed by atoms with Crippen LogP contribution in [0.15, 0.2) is 103 Å². The van der Waals surface area contributed by atoms with Gasteiger partial charge in [0.15, 0.2) is 12.1 Å². The minimum Gasteiger partial charge on any atom is -0.497 e. The molecule has 0 saturated heterocycles. The molecule has 0 fully saturated rings. The van der Waals surface area contributed by atoms with Gasteiger partial charge in [0.25, 0.3) is 5.91 Å². The Labute approximate surface area is 285 Å². The SMILES string of the molecule is COc1ccc(C(N)(C(=O)OCc2cccc3c2Cc2ccccc2-3)c2ccc(OCC(=O)Nc3cccc(CN)c3C)cc2)c(OC)c1. The van der Waals surface area contributed by atoms with Crippen LogP contribution < -0.4 is 31.0 Å². The van der Waals surface area contributed by atoms with Crippen LogP contribution in [0.4, 0.5) is 5.69 Å². The Bertz CT molecular complexity index is 2010. The van der Waals surface area contributed by atoms with Crippen molar-refractivity contribution in [1.82, 2.24) is 0 Å². The largest absolute Gasteiger partial charge is 0.497 e. The summed E-state index contributed by atoms with van der Waals surface area (Å²) in [7, 11) is 3.05. The molecule has 5 aromatic carbocycles. The Morgan fingerprint density at radius 1 is 0.816 bits per heavy atom. The van der Waals surface area contributed by atoms with E-state index in [1.165, 1.54) is 18.2 Å². The van der Waals surface area contributed by atoms with Gasteiger partial charge in [-0.25, -0.2) is 4.79 Å². The van der Waals surface area contributed by atoms with Crippen LogP contribution in [-0.2, 0) is 39.4 Å². The molecule has 0 aromatic heterocycles. The molecule has 1 atom stereocenters. The standard InChI is InChI=1S/C40H39N3O6/c1-25-27(22-41)9-7-13-36(25)43-38(44)24-48-30-16-14-29(15-17-30)40(42,35-19-18-31(46-2)21-37(35)47-3)39(45)49-23-28-10-6-12-33-32-11-5-4-8-26(32)20-34(28)33/h4-19,21H,20,22-24,41-42H2,1-3H3,(H,43,44). The topological polar surface area (TPSA) is 135 Å². The van der Waals surface area contributed by atoms with E-state index in [1.54, 1.807) is 49.6 Å². The first-order valence-electron chi connectivity index (χ1n) is 16.0. The number of carbonyl (C=O) groups excluding carboxylic acids is 2. The first kappa shape index (κ1) is 33.3. The monoisotopic (exact) mass is 657 g/mol. The molecule has 9 nitrogen and oxygen atoms in total. The highest BCUT2D eigenvalue weighted by molar-refractivity contribution is 5.93. The third-order valence-corrected chi connectivity index (χ3v) is 9.08. The lowest BCUT2D eigenvalue weighted by molar-refractivity contribution is -0.150. The maximum atomic E-state index is 14.2. The van der Waals surface area contributed by atoms with Crippen molar-refractivity contribution in [3.8, 4) is 28.4 Å². The van der Waals surface area contributed by atoms with Crippen LogP contribution in [0.2, 0.25) is 0 Å². The number of fused-ring (bicyclic) bond motifs is 3. The second-order valence-electron chi connectivity index (χ2n) is 11.9. The van der Waals surface area contributed by atoms with E-state index in [9.17, 15) is 9.59 Å². The van der Waals surface area contributed by atoms with Crippen LogP contribution in [0, 0.1) is 6.92 Å². The zero-order valence-corrected chi connectivity index (χ0v) is 27.7. The van der Waals surface area contributed by atoms with E-state index in [2.05, 4.69) is 23.5 Å². The third-order valence-electron chi connectivity index (χ3n) is 9.08. The van der Waals surface area contributed by atoms with Crippen molar-refractivity contribution < 1.29 is 28.5 Å². The van der Waals surface area contributed by atoms with Crippen molar-refractivity contribution in [3.05, 3.63) is 142 Å². The molecular weight excluding hydrogens is 618 g/mol. The van der Waals surface area contributed by atoms with Gasteiger partial charge in [0.1, 0.15) is 23.9 Å². The van der Waals surface area contributed by atoms with Crippen molar-refractivity contribution in [3.63, 3.8) is 0 Å². The Morgan fingerprint density at radius 3 is 2.29 bits per heavy atom. The Hall–Kier alpha value is -5.64. The maximum absolute atomic E-state index is 14.2. The van der Waals surface area contributed by atoms with Gasteiger partial charge in [0.05, 0.1) is 14.2 Å². The summed E-state index contributed by atoms with van der Waals surface area (Å²) < 4.78 is 22.9. The Balaban J connectivity index is 1.23. The summed E-state index contributed by atoms with van der Waals surface area (Å²) in [6, 6.07) is 31.7. The molecule has 49 heavy (non-hydrogen) atoms. The van der Waals surface area contributed by atoms with Gasteiger partial charge < -0.3 is 35.7 Å². The Kier molecular flexibility index (Phi) is 9.66. The number of esters is 1. The molecule has 1 aliphatic carbocycles. The Morgan fingerprint density at radius 2 is 1.53 bits per heavy atom. The van der Waals surface area contributed by atoms with Gasteiger partial charge in [-0.2, -0.15) is 0 Å². The predicted octanol–water partition coefficient (Wildman–Crippen LogP) is 6.01. The zero-order valence-electron chi connectivity index (χ0n) is 27.7. The van der Waals surface area contributed by atoms with Crippen molar-refractivity contribution in [2.45, 2.75) is 32.0 Å². The fourth-order valence-corrected chi connectivity index (χ4v) is 6.31. The van der Waals surface area contributed by atoms with Gasteiger partial charge >= 0.3 is 5.97 Å². The quantitative estimate of drug-likeness (QED) is 0.136. The van der Waals surface area contributed by atoms with Crippen LogP contribution >= 0.6 is 0 Å². The average Bonchev–Trinajstić information content (AvgIpc) is 3.53. The van der Waals surface area contributed by atoms with E-state index in [-0.39, 0.29) is 19.1 Å². The molecule has 0 saturated carbocycles. The highest BCUT2D eigenvalue weighted by atomic mass is 16.5. The summed E-state index contributed by atoms with van der Waals surface area (Å²) in [6.07, 6.45) is 0.762. The lowest BCUT2D eigenvalue weighted by atomic mass is 9.83. The molecule has 5 aromatic rings. The summed E-state index contributed by atoms with van der Waals surface area (Å²) in [5.74, 6) is 0.343. The van der Waals surface area contributed by atoms with E-state index in [0.29, 0.717) is 40.6 Å². The molecule has 0 radical (unpaired) electrons. The smallest absolute Gasteiger partial charge is 0.335 e. The molecule has 0 heterocycles. The van der Waals surface area contributed by atoms with Crippen molar-refractivity contribution in [2.75, 3.05) is 26.1 Å². The molecule has 0 bridgehead atoms. The number of hydrogen-bond donors (Lipinski definition) is 3. The molecular formula is C40H39N3O6. The number of anilines is 1. The molecule has 5 N–H and O–H groups in total. The van der Waals surface area contributed by atoms with Crippen LogP contribution in [0.1, 0.15) is 38.9 Å². The molecule has 9 heteroatoms. The summed E-state index contributed by atoms with van der Waals surface area (Å²) in [5.41, 5.74) is 20.1. The molecule has 6 rings (SSSR count). The van der Waals surface area contributed by atoms with Gasteiger partial charge in [0, 0.05) is 23.9 Å². The first-order valence-corrected chi connectivity index (χ1v) is 16.0. The normalized spacial score (nSPS) is 12.7. The highest BCUT2D eigenvalue weighted by Gasteiger charge is 2.42. The molecule has 0 spiro atoms. The second kappa shape index (κ2) is 14.2. The van der Waals surface area contributed by atoms with E-state index in [1.807, 2.05) is 49.4 Å². The maximum Gasteiger partial charge on any atom is 0.335 e. The molecule has 1 unspecified atom stereocenters. The zero-order chi connectivity index (χ0) is 34.5. The lowest BCUT2D eigenvalue weighted by Gasteiger charge is -2.30. The molecule has 1 aliphatic rings. The van der Waals surface area contributed by atoms with Crippen LogP contribution in [0.3, 0.4) is 0 Å². The number of hydrogen-bond acceptors (Lipinski definition) is 8. The summed E-state index contributed by atoms with van der Waals surface area (Å²) in [6.45, 7) is 2.10. The molecule has 0 aliphatic heterocycles. The molecule has 1 amide bonds. The predicted molar refractivity (Wildman–Crippen MR) is 189 cm³/mol. The number of carbonyl (C=O) groups is 2. The van der Waals surface area contributed by atoms with Crippen molar-refractivity contribution >= 4 is 17.6 Å². The summed E-state index contributed by atoms with van der Waals surface area (Å²) in [4.78, 5) is 26.9. The number of amides is 1. The van der Waals surface area contributed by atoms with Crippen LogP contribution in [0.5, 0.6) is 17.2 Å². The van der Waals surface area contributed by atoms with E-state index in [4.69, 9.17) is 30.4 Å². The van der Waals surface area contributed by atoms with Gasteiger partial charge in [-0.15, -0.1) is 0 Å². The second-order valence-corrected chi connectivity index (χ2v) is 11.9. The highest BCUT2D eigenvalue weighted by Crippen LogP contribution is 2.40. The fourth-order valence-electron chi connectivity index (χ4n) is 6.31. The number of methoxy groups -OCH3 is 2. The third kappa shape index (κ3) is 6.59. The fraction of sp³-hybridized carbons (Fsp3) is 0.200. The van der Waals surface area contributed by atoms with E-state index in [0.717, 1.165) is 34.2 Å². The lowest BCUT2D eigenvalue weighted by Crippen LogP contribution is -2.47. The van der Waals surface area contributed by atoms with E-state index >= 15 is 0 Å². The first-order chi connectivity index (χ1) is 23.8. The van der Waals surface area contributed by atoms with Gasteiger partial charge in [-0.3, -0.25) is 4.79 Å². The van der Waals surface area contributed by atoms with Gasteiger partial charge in [-0.05, 0) is 88.2 Å². The summed E-state index contributed by atoms with van der Waals surface area (Å²) in [5, 5.41) is 2.87. The summed E-state index contributed by atoms with van der Waals surface area (Å²) >= 11 is 0. The van der Waals surface area contributed by atoms with Crippen molar-refractivity contribution in [1.29, 1.82) is 0 Å². The minimum atomic E-state index is -1.76. The van der Waals surface area contributed by atoms with Gasteiger partial charge in [-0.1, -0.05) is 66.7 Å². The van der Waals surface area contributed by atoms with Crippen molar-refractivity contribution in [2.24, 2.45) is 11.5 Å². The van der Waals surface area contributed by atoms with E-state index < -0.39 is 11.5 Å². The number of ether oxygens (including phenoxy) is 4. The number of nitrogens with two attached hydrogens (primary N) is 2. The van der Waals surface area contributed by atoms with Gasteiger partial charge in [0.2, 0.25) is 0 Å². The average molecular weight is 658 g/mol. The minimum absolute atomic E-state index is 0.0391. The molecule has 250 valence electrons. The number of rotatable bonds is 12. The van der Waals surface area contributed by atoms with Crippen LogP contribution in [0.25, 0.3) is 11.1 Å². The van der Waals surface area contributed by atoms with Crippen LogP contribution in [-0.4, -0.2) is 32.7 Å². The number of benzene rings is 5.